The van der Waals surface area contributed by atoms with Gasteiger partial charge in [0.15, 0.2) is 0 Å². The van der Waals surface area contributed by atoms with Gasteiger partial charge in [-0.2, -0.15) is 0 Å². The largest absolute Gasteiger partial charge is 0.465 e. The lowest BCUT2D eigenvalue weighted by Crippen LogP contribution is -2.23. The van der Waals surface area contributed by atoms with Crippen LogP contribution >= 0.6 is 11.3 Å². The number of amides is 1. The van der Waals surface area contributed by atoms with Gasteiger partial charge in [-0.1, -0.05) is 72.8 Å². The molecule has 0 fully saturated rings. The number of hydrogen-bond donors (Lipinski definition) is 1. The second-order valence-corrected chi connectivity index (χ2v) is 8.37. The summed E-state index contributed by atoms with van der Waals surface area (Å²) in [4.78, 5) is 25.8. The van der Waals surface area contributed by atoms with Crippen LogP contribution in [0.3, 0.4) is 0 Å². The molecule has 3 aromatic carbocycles. The zero-order chi connectivity index (χ0) is 23.0. The maximum atomic E-state index is 13.2. The average Bonchev–Trinajstić information content (AvgIpc) is 3.40. The van der Waals surface area contributed by atoms with E-state index in [0.717, 1.165) is 27.1 Å². The SMILES string of the molecule is COC(=O)c1ccc(CNC(=O)C(=Cc2cccs2)c2ccc(-c3ccccc3)cc2)cc1. The summed E-state index contributed by atoms with van der Waals surface area (Å²) < 4.78 is 4.73. The van der Waals surface area contributed by atoms with Crippen LogP contribution in [0.1, 0.15) is 26.4 Å². The Bertz CT molecular complexity index is 1240. The molecule has 33 heavy (non-hydrogen) atoms. The van der Waals surface area contributed by atoms with Gasteiger partial charge in [0.2, 0.25) is 0 Å². The van der Waals surface area contributed by atoms with Crippen LogP contribution in [-0.4, -0.2) is 19.0 Å². The smallest absolute Gasteiger partial charge is 0.337 e. The number of methoxy groups -OCH3 is 1. The normalized spacial score (nSPS) is 11.1. The van der Waals surface area contributed by atoms with Gasteiger partial charge in [0.25, 0.3) is 5.91 Å². The number of ether oxygens (including phenoxy) is 1. The fourth-order valence-electron chi connectivity index (χ4n) is 3.42. The van der Waals surface area contributed by atoms with E-state index in [9.17, 15) is 9.59 Å². The second kappa shape index (κ2) is 10.6. The topological polar surface area (TPSA) is 55.4 Å². The van der Waals surface area contributed by atoms with E-state index in [-0.39, 0.29) is 11.9 Å². The number of carbonyl (C=O) groups is 2. The van der Waals surface area contributed by atoms with Crippen molar-refractivity contribution >= 4 is 34.9 Å². The Morgan fingerprint density at radius 1 is 0.818 bits per heavy atom. The highest BCUT2D eigenvalue weighted by Gasteiger charge is 2.13. The van der Waals surface area contributed by atoms with Crippen molar-refractivity contribution in [3.05, 3.63) is 118 Å². The van der Waals surface area contributed by atoms with Crippen molar-refractivity contribution in [2.45, 2.75) is 6.54 Å². The highest BCUT2D eigenvalue weighted by atomic mass is 32.1. The molecule has 0 atom stereocenters. The number of esters is 1. The van der Waals surface area contributed by atoms with Gasteiger partial charge in [0, 0.05) is 17.0 Å². The molecule has 0 spiro atoms. The van der Waals surface area contributed by atoms with Crippen molar-refractivity contribution in [1.82, 2.24) is 5.32 Å². The minimum absolute atomic E-state index is 0.159. The Hall–Kier alpha value is -3.96. The first kappa shape index (κ1) is 22.2. The first-order valence-corrected chi connectivity index (χ1v) is 11.4. The standard InChI is InChI=1S/C28H23NO3S/c1-32-28(31)24-11-9-20(10-12-24)19-29-27(30)26(18-25-8-5-17-33-25)23-15-13-22(14-16-23)21-6-3-2-4-7-21/h2-18H,19H2,1H3,(H,29,30). The van der Waals surface area contributed by atoms with Gasteiger partial charge >= 0.3 is 5.97 Å². The van der Waals surface area contributed by atoms with Gasteiger partial charge in [-0.15, -0.1) is 11.3 Å². The van der Waals surface area contributed by atoms with Gasteiger partial charge < -0.3 is 10.1 Å². The van der Waals surface area contributed by atoms with E-state index in [1.165, 1.54) is 7.11 Å². The number of thiophene rings is 1. The fraction of sp³-hybridized carbons (Fsp3) is 0.0714. The van der Waals surface area contributed by atoms with Gasteiger partial charge in [-0.25, -0.2) is 4.79 Å². The van der Waals surface area contributed by atoms with Crippen LogP contribution in [0.15, 0.2) is 96.4 Å². The zero-order valence-electron chi connectivity index (χ0n) is 18.2. The summed E-state index contributed by atoms with van der Waals surface area (Å²) in [7, 11) is 1.35. The van der Waals surface area contributed by atoms with Crippen LogP contribution in [0, 0.1) is 0 Å². The van der Waals surface area contributed by atoms with E-state index in [0.29, 0.717) is 17.7 Å². The lowest BCUT2D eigenvalue weighted by atomic mass is 9.99. The third-order valence-corrected chi connectivity index (χ3v) is 6.02. The molecule has 5 heteroatoms. The quantitative estimate of drug-likeness (QED) is 0.273. The molecule has 0 radical (unpaired) electrons. The predicted molar refractivity (Wildman–Crippen MR) is 134 cm³/mol. The summed E-state index contributed by atoms with van der Waals surface area (Å²) in [5, 5.41) is 4.99. The van der Waals surface area contributed by atoms with Gasteiger partial charge in [-0.3, -0.25) is 4.79 Å². The molecule has 1 N–H and O–H groups in total. The summed E-state index contributed by atoms with van der Waals surface area (Å²) >= 11 is 1.58. The molecule has 0 aliphatic carbocycles. The van der Waals surface area contributed by atoms with Crippen LogP contribution < -0.4 is 5.32 Å². The van der Waals surface area contributed by atoms with E-state index < -0.39 is 0 Å². The minimum Gasteiger partial charge on any atom is -0.465 e. The predicted octanol–water partition coefficient (Wildman–Crippen LogP) is 6.06. The molecular weight excluding hydrogens is 430 g/mol. The Labute approximate surface area is 197 Å². The maximum Gasteiger partial charge on any atom is 0.337 e. The first-order chi connectivity index (χ1) is 16.1. The highest BCUT2D eigenvalue weighted by molar-refractivity contribution is 7.11. The zero-order valence-corrected chi connectivity index (χ0v) is 19.0. The Morgan fingerprint density at radius 2 is 1.48 bits per heavy atom. The van der Waals surface area contributed by atoms with E-state index in [2.05, 4.69) is 17.4 Å². The highest BCUT2D eigenvalue weighted by Crippen LogP contribution is 2.25. The lowest BCUT2D eigenvalue weighted by molar-refractivity contribution is -0.115. The van der Waals surface area contributed by atoms with Crippen molar-refractivity contribution in [3.8, 4) is 11.1 Å². The van der Waals surface area contributed by atoms with Gasteiger partial charge in [0.1, 0.15) is 0 Å². The molecule has 1 amide bonds. The van der Waals surface area contributed by atoms with E-state index in [4.69, 9.17) is 4.74 Å². The minimum atomic E-state index is -0.384. The van der Waals surface area contributed by atoms with Crippen LogP contribution in [0.25, 0.3) is 22.8 Å². The summed E-state index contributed by atoms with van der Waals surface area (Å²) in [6.07, 6.45) is 1.91. The number of rotatable bonds is 7. The molecule has 4 nitrogen and oxygen atoms in total. The molecule has 4 rings (SSSR count). The molecule has 0 saturated heterocycles. The third kappa shape index (κ3) is 5.64. The maximum absolute atomic E-state index is 13.2. The molecule has 1 aromatic heterocycles. The Kier molecular flexibility index (Phi) is 7.12. The van der Waals surface area contributed by atoms with Gasteiger partial charge in [-0.05, 0) is 51.9 Å². The monoisotopic (exact) mass is 453 g/mol. The Morgan fingerprint density at radius 3 is 2.12 bits per heavy atom. The molecule has 0 bridgehead atoms. The van der Waals surface area contributed by atoms with Crippen molar-refractivity contribution < 1.29 is 14.3 Å². The first-order valence-electron chi connectivity index (χ1n) is 10.5. The summed E-state index contributed by atoms with van der Waals surface area (Å²) in [6, 6.07) is 29.1. The molecule has 4 aromatic rings. The molecule has 0 saturated carbocycles. The third-order valence-electron chi connectivity index (χ3n) is 5.21. The molecular formula is C28H23NO3S. The van der Waals surface area contributed by atoms with Crippen LogP contribution in [0.5, 0.6) is 0 Å². The van der Waals surface area contributed by atoms with Gasteiger partial charge in [0.05, 0.1) is 12.7 Å². The average molecular weight is 454 g/mol. The van der Waals surface area contributed by atoms with Crippen LogP contribution in [0.2, 0.25) is 0 Å². The van der Waals surface area contributed by atoms with Crippen molar-refractivity contribution in [1.29, 1.82) is 0 Å². The fourth-order valence-corrected chi connectivity index (χ4v) is 4.08. The van der Waals surface area contributed by atoms with Crippen molar-refractivity contribution in [2.75, 3.05) is 7.11 Å². The van der Waals surface area contributed by atoms with Crippen LogP contribution in [-0.2, 0) is 16.1 Å². The van der Waals surface area contributed by atoms with E-state index in [1.54, 1.807) is 23.5 Å². The molecule has 0 unspecified atom stereocenters. The number of nitrogens with one attached hydrogen (secondary N) is 1. The lowest BCUT2D eigenvalue weighted by Gasteiger charge is -2.11. The number of hydrogen-bond acceptors (Lipinski definition) is 4. The summed E-state index contributed by atoms with van der Waals surface area (Å²) in [5.41, 5.74) is 5.05. The molecule has 0 aliphatic heterocycles. The second-order valence-electron chi connectivity index (χ2n) is 7.39. The molecule has 1 heterocycles. The summed E-state index contributed by atoms with van der Waals surface area (Å²) in [5.74, 6) is -0.543. The van der Waals surface area contributed by atoms with E-state index in [1.807, 2.05) is 78.2 Å². The van der Waals surface area contributed by atoms with Crippen molar-refractivity contribution in [2.24, 2.45) is 0 Å². The number of carbonyl (C=O) groups excluding carboxylic acids is 2. The van der Waals surface area contributed by atoms with E-state index >= 15 is 0 Å². The molecule has 0 aliphatic rings. The summed E-state index contributed by atoms with van der Waals surface area (Å²) in [6.45, 7) is 0.351. The molecule has 164 valence electrons. The number of benzene rings is 3. The Balaban J connectivity index is 1.53. The van der Waals surface area contributed by atoms with Crippen LogP contribution in [0.4, 0.5) is 0 Å². The van der Waals surface area contributed by atoms with Crippen molar-refractivity contribution in [3.63, 3.8) is 0 Å².